The van der Waals surface area contributed by atoms with Crippen molar-refractivity contribution in [3.05, 3.63) is 48.3 Å². The summed E-state index contributed by atoms with van der Waals surface area (Å²) in [6.07, 6.45) is 7.55. The zero-order chi connectivity index (χ0) is 20.9. The molecule has 1 saturated carbocycles. The molecule has 3 aromatic rings. The minimum Gasteiger partial charge on any atom is -0.759 e. The highest BCUT2D eigenvalue weighted by Gasteiger charge is 2.21. The quantitative estimate of drug-likeness (QED) is 0.391. The predicted molar refractivity (Wildman–Crippen MR) is 113 cm³/mol. The van der Waals surface area contributed by atoms with Gasteiger partial charge in [-0.15, -0.1) is 0 Å². The molecule has 0 radical (unpaired) electrons. The molecule has 1 unspecified atom stereocenters. The van der Waals surface area contributed by atoms with E-state index in [1.165, 1.54) is 0 Å². The molecule has 0 saturated heterocycles. The molecule has 156 valence electrons. The lowest BCUT2D eigenvalue weighted by Crippen LogP contribution is -2.44. The van der Waals surface area contributed by atoms with Crippen molar-refractivity contribution in [2.45, 2.75) is 44.2 Å². The van der Waals surface area contributed by atoms with Crippen molar-refractivity contribution < 1.29 is 8.76 Å². The van der Waals surface area contributed by atoms with E-state index in [1.54, 1.807) is 6.20 Å². The van der Waals surface area contributed by atoms with Gasteiger partial charge in [0, 0.05) is 41.1 Å². The van der Waals surface area contributed by atoms with Crippen molar-refractivity contribution >= 4 is 28.1 Å². The topological polar surface area (TPSA) is 131 Å². The number of nitrogens with one attached hydrogen (secondary N) is 3. The molecule has 1 aliphatic rings. The number of aromatic nitrogens is 3. The summed E-state index contributed by atoms with van der Waals surface area (Å²) >= 11 is -2.30. The van der Waals surface area contributed by atoms with Crippen LogP contribution in [0.1, 0.15) is 31.2 Å². The van der Waals surface area contributed by atoms with Crippen LogP contribution in [-0.4, -0.2) is 35.4 Å². The summed E-state index contributed by atoms with van der Waals surface area (Å²) in [4.78, 5) is 11.3. The molecule has 4 rings (SSSR count). The number of benzene rings is 1. The minimum atomic E-state index is -2.30. The molecule has 9 nitrogen and oxygen atoms in total. The molecule has 0 amide bonds. The SMILES string of the molecule is N#CCc1cccc2c1ccn2-c1ccnc(NC2CCC(NNS(=O)[O-])CC2)n1. The summed E-state index contributed by atoms with van der Waals surface area (Å²) < 4.78 is 23.2. The summed E-state index contributed by atoms with van der Waals surface area (Å²) in [7, 11) is 0. The largest absolute Gasteiger partial charge is 0.759 e. The van der Waals surface area contributed by atoms with E-state index in [0.717, 1.165) is 48.0 Å². The first-order valence-electron chi connectivity index (χ1n) is 9.80. The number of hydrogen-bond acceptors (Lipinski definition) is 7. The highest BCUT2D eigenvalue weighted by molar-refractivity contribution is 7.76. The Morgan fingerprint density at radius 1 is 1.20 bits per heavy atom. The number of fused-ring (bicyclic) bond motifs is 1. The Bertz CT molecular complexity index is 1090. The standard InChI is InChI=1S/C20H23N7O2S/c21-11-8-14-2-1-3-18-17(14)10-13-27(18)19-9-12-22-20(24-19)23-15-4-6-16(7-5-15)25-26-30(28)29/h1-3,9-10,12-13,15-16,25-26H,4-8H2,(H,28,29)(H,22,23,24)/p-1. The van der Waals surface area contributed by atoms with E-state index < -0.39 is 11.3 Å². The van der Waals surface area contributed by atoms with Gasteiger partial charge in [-0.05, 0) is 49.4 Å². The Morgan fingerprint density at radius 3 is 2.77 bits per heavy atom. The zero-order valence-corrected chi connectivity index (χ0v) is 17.1. The van der Waals surface area contributed by atoms with E-state index in [1.807, 2.05) is 41.1 Å². The van der Waals surface area contributed by atoms with Crippen LogP contribution in [0.2, 0.25) is 0 Å². The molecule has 1 fully saturated rings. The van der Waals surface area contributed by atoms with Crippen LogP contribution in [0.3, 0.4) is 0 Å². The second-order valence-corrected chi connectivity index (χ2v) is 7.96. The number of hydrazine groups is 1. The number of hydrogen-bond donors (Lipinski definition) is 3. The molecule has 1 aromatic carbocycles. The van der Waals surface area contributed by atoms with Gasteiger partial charge >= 0.3 is 0 Å². The van der Waals surface area contributed by atoms with E-state index in [4.69, 9.17) is 5.26 Å². The van der Waals surface area contributed by atoms with Gasteiger partial charge in [-0.25, -0.2) is 10.4 Å². The number of nitrogens with zero attached hydrogens (tertiary/aromatic N) is 4. The van der Waals surface area contributed by atoms with E-state index in [-0.39, 0.29) is 12.1 Å². The van der Waals surface area contributed by atoms with E-state index in [2.05, 4.69) is 31.6 Å². The zero-order valence-electron chi connectivity index (χ0n) is 16.2. The Balaban J connectivity index is 1.45. The van der Waals surface area contributed by atoms with Gasteiger partial charge in [0.1, 0.15) is 5.82 Å². The Hall–Kier alpha value is -2.84. The van der Waals surface area contributed by atoms with Crippen molar-refractivity contribution in [2.24, 2.45) is 0 Å². The molecule has 2 aromatic heterocycles. The molecule has 1 atom stereocenters. The summed E-state index contributed by atoms with van der Waals surface area (Å²) in [6, 6.07) is 12.4. The Morgan fingerprint density at radius 2 is 2.00 bits per heavy atom. The van der Waals surface area contributed by atoms with Crippen LogP contribution in [0.15, 0.2) is 42.7 Å². The lowest BCUT2D eigenvalue weighted by molar-refractivity contribution is 0.341. The van der Waals surface area contributed by atoms with Crippen LogP contribution in [0.4, 0.5) is 5.95 Å². The molecular weight excluding hydrogens is 402 g/mol. The first-order valence-corrected chi connectivity index (χ1v) is 10.9. The molecule has 30 heavy (non-hydrogen) atoms. The highest BCUT2D eigenvalue weighted by Crippen LogP contribution is 2.24. The maximum Gasteiger partial charge on any atom is 0.224 e. The molecule has 0 aliphatic heterocycles. The van der Waals surface area contributed by atoms with Crippen molar-refractivity contribution in [3.8, 4) is 11.9 Å². The van der Waals surface area contributed by atoms with Crippen LogP contribution in [0.25, 0.3) is 16.7 Å². The lowest BCUT2D eigenvalue weighted by Gasteiger charge is -2.30. The first-order chi connectivity index (χ1) is 14.6. The summed E-state index contributed by atoms with van der Waals surface area (Å²) in [5.74, 6) is 1.33. The average Bonchev–Trinajstić information content (AvgIpc) is 3.19. The number of anilines is 1. The maximum absolute atomic E-state index is 10.6. The van der Waals surface area contributed by atoms with Gasteiger partial charge < -0.3 is 14.4 Å². The van der Waals surface area contributed by atoms with Crippen molar-refractivity contribution in [1.29, 1.82) is 5.26 Å². The van der Waals surface area contributed by atoms with Gasteiger partial charge in [0.2, 0.25) is 5.95 Å². The van der Waals surface area contributed by atoms with E-state index in [0.29, 0.717) is 12.4 Å². The fourth-order valence-electron chi connectivity index (χ4n) is 3.92. The third-order valence-electron chi connectivity index (χ3n) is 5.39. The fraction of sp³-hybridized carbons (Fsp3) is 0.350. The van der Waals surface area contributed by atoms with Crippen molar-refractivity contribution in [3.63, 3.8) is 0 Å². The van der Waals surface area contributed by atoms with Gasteiger partial charge in [0.25, 0.3) is 0 Å². The molecule has 3 N–H and O–H groups in total. The molecule has 1 aliphatic carbocycles. The van der Waals surface area contributed by atoms with E-state index in [9.17, 15) is 8.76 Å². The molecule has 10 heteroatoms. The second kappa shape index (κ2) is 9.32. The van der Waals surface area contributed by atoms with Crippen molar-refractivity contribution in [2.75, 3.05) is 5.32 Å². The Kier molecular flexibility index (Phi) is 6.35. The predicted octanol–water partition coefficient (Wildman–Crippen LogP) is 2.10. The third-order valence-corrected chi connectivity index (χ3v) is 5.67. The highest BCUT2D eigenvalue weighted by atomic mass is 32.2. The van der Waals surface area contributed by atoms with Gasteiger partial charge in [0.15, 0.2) is 0 Å². The molecule has 0 bridgehead atoms. The van der Waals surface area contributed by atoms with Crippen LogP contribution in [0.5, 0.6) is 0 Å². The average molecular weight is 425 g/mol. The lowest BCUT2D eigenvalue weighted by atomic mass is 9.92. The smallest absolute Gasteiger partial charge is 0.224 e. The van der Waals surface area contributed by atoms with Crippen molar-refractivity contribution in [1.82, 2.24) is 24.8 Å². The number of rotatable bonds is 7. The van der Waals surface area contributed by atoms with Gasteiger partial charge in [-0.1, -0.05) is 12.1 Å². The minimum absolute atomic E-state index is 0.127. The van der Waals surface area contributed by atoms with Crippen LogP contribution >= 0.6 is 0 Å². The normalized spacial score (nSPS) is 20.0. The summed E-state index contributed by atoms with van der Waals surface area (Å²) in [6.45, 7) is 0. The summed E-state index contributed by atoms with van der Waals surface area (Å²) in [5.41, 5.74) is 4.82. The molecular formula is C20H22N7O2S-. The molecule has 0 spiro atoms. The van der Waals surface area contributed by atoms with Gasteiger partial charge in [0.05, 0.1) is 18.0 Å². The second-order valence-electron chi connectivity index (χ2n) is 7.28. The van der Waals surface area contributed by atoms with Gasteiger partial charge in [-0.2, -0.15) is 15.1 Å². The van der Waals surface area contributed by atoms with Crippen LogP contribution < -0.4 is 15.6 Å². The van der Waals surface area contributed by atoms with Crippen LogP contribution in [0, 0.1) is 11.3 Å². The third kappa shape index (κ3) is 4.66. The van der Waals surface area contributed by atoms with E-state index >= 15 is 0 Å². The Labute approximate surface area is 176 Å². The summed E-state index contributed by atoms with van der Waals surface area (Å²) in [5, 5.41) is 13.5. The first kappa shape index (κ1) is 20.4. The maximum atomic E-state index is 10.6. The van der Waals surface area contributed by atoms with Gasteiger partial charge in [-0.3, -0.25) is 4.21 Å². The van der Waals surface area contributed by atoms with Crippen LogP contribution in [-0.2, 0) is 17.7 Å². The molecule has 2 heterocycles. The number of nitriles is 1. The fourth-order valence-corrected chi connectivity index (χ4v) is 4.18. The monoisotopic (exact) mass is 424 g/mol.